The Morgan fingerprint density at radius 2 is 2.11 bits per heavy atom. The molecule has 3 heteroatoms. The Bertz CT molecular complexity index is 233. The zero-order chi connectivity index (χ0) is 12.8. The van der Waals surface area contributed by atoms with Crippen LogP contribution >= 0.6 is 11.8 Å². The van der Waals surface area contributed by atoms with Crippen molar-refractivity contribution in [3.05, 3.63) is 0 Å². The summed E-state index contributed by atoms with van der Waals surface area (Å²) in [7, 11) is 0. The van der Waals surface area contributed by atoms with Gasteiger partial charge in [-0.05, 0) is 43.8 Å². The molecular formula is C15H28O2S. The largest absolute Gasteiger partial charge is 0.392 e. The maximum atomic E-state index is 10.3. The fourth-order valence-electron chi connectivity index (χ4n) is 3.42. The summed E-state index contributed by atoms with van der Waals surface area (Å²) in [4.78, 5) is 0. The maximum absolute atomic E-state index is 10.3. The second-order valence-corrected chi connectivity index (χ2v) is 7.14. The highest BCUT2D eigenvalue weighted by Gasteiger charge is 2.40. The van der Waals surface area contributed by atoms with Gasteiger partial charge in [0.2, 0.25) is 0 Å². The van der Waals surface area contributed by atoms with Crippen LogP contribution in [-0.4, -0.2) is 34.9 Å². The second kappa shape index (κ2) is 7.16. The number of ether oxygens (including phenoxy) is 1. The van der Waals surface area contributed by atoms with Crippen LogP contribution in [0.5, 0.6) is 0 Å². The number of hydrogen-bond acceptors (Lipinski definition) is 3. The summed E-state index contributed by atoms with van der Waals surface area (Å²) < 4.78 is 6.09. The second-order valence-electron chi connectivity index (χ2n) is 5.99. The van der Waals surface area contributed by atoms with E-state index in [1.807, 2.05) is 11.8 Å². The van der Waals surface area contributed by atoms with E-state index in [0.717, 1.165) is 25.2 Å². The van der Waals surface area contributed by atoms with E-state index in [-0.39, 0.29) is 11.7 Å². The smallest absolute Gasteiger partial charge is 0.0686 e. The van der Waals surface area contributed by atoms with Crippen molar-refractivity contribution in [1.82, 2.24) is 0 Å². The Morgan fingerprint density at radius 1 is 1.33 bits per heavy atom. The Balaban J connectivity index is 1.81. The normalized spacial score (nSPS) is 29.3. The first-order valence-electron chi connectivity index (χ1n) is 7.65. The van der Waals surface area contributed by atoms with E-state index in [4.69, 9.17) is 4.74 Å². The van der Waals surface area contributed by atoms with E-state index in [9.17, 15) is 5.11 Å². The molecule has 1 heterocycles. The molecule has 2 aliphatic rings. The van der Waals surface area contributed by atoms with E-state index in [1.54, 1.807) is 0 Å². The summed E-state index contributed by atoms with van der Waals surface area (Å²) in [5, 5.41) is 10.3. The molecular weight excluding hydrogens is 244 g/mol. The van der Waals surface area contributed by atoms with Crippen LogP contribution in [0.25, 0.3) is 0 Å². The van der Waals surface area contributed by atoms with Crippen LogP contribution in [0.4, 0.5) is 0 Å². The highest BCUT2D eigenvalue weighted by Crippen LogP contribution is 2.41. The first-order chi connectivity index (χ1) is 8.76. The monoisotopic (exact) mass is 272 g/mol. The van der Waals surface area contributed by atoms with Crippen molar-refractivity contribution in [1.29, 1.82) is 0 Å². The van der Waals surface area contributed by atoms with E-state index in [2.05, 4.69) is 6.92 Å². The topological polar surface area (TPSA) is 29.5 Å². The van der Waals surface area contributed by atoms with Crippen LogP contribution < -0.4 is 0 Å². The van der Waals surface area contributed by atoms with Crippen molar-refractivity contribution in [3.8, 4) is 0 Å². The predicted molar refractivity (Wildman–Crippen MR) is 78.1 cm³/mol. The molecule has 2 unspecified atom stereocenters. The quantitative estimate of drug-likeness (QED) is 0.775. The van der Waals surface area contributed by atoms with Gasteiger partial charge in [-0.15, -0.1) is 0 Å². The molecule has 1 aliphatic carbocycles. The molecule has 0 aromatic carbocycles. The third-order valence-electron chi connectivity index (χ3n) is 4.48. The van der Waals surface area contributed by atoms with Gasteiger partial charge in [0.25, 0.3) is 0 Å². The number of rotatable bonds is 5. The van der Waals surface area contributed by atoms with Crippen LogP contribution in [0.2, 0.25) is 0 Å². The molecule has 1 aliphatic heterocycles. The van der Waals surface area contributed by atoms with Gasteiger partial charge in [0.1, 0.15) is 0 Å². The lowest BCUT2D eigenvalue weighted by atomic mass is 9.75. The van der Waals surface area contributed by atoms with E-state index in [1.165, 1.54) is 44.3 Å². The molecule has 0 bridgehead atoms. The van der Waals surface area contributed by atoms with Gasteiger partial charge in [0.15, 0.2) is 0 Å². The Labute approximate surface area is 116 Å². The number of thioether (sulfide) groups is 1. The summed E-state index contributed by atoms with van der Waals surface area (Å²) in [6.45, 7) is 3.06. The lowest BCUT2D eigenvalue weighted by molar-refractivity contribution is -0.131. The molecule has 2 fully saturated rings. The van der Waals surface area contributed by atoms with Gasteiger partial charge in [-0.25, -0.2) is 0 Å². The first-order valence-corrected chi connectivity index (χ1v) is 8.81. The molecule has 0 aromatic heterocycles. The van der Waals surface area contributed by atoms with Crippen LogP contribution in [-0.2, 0) is 4.74 Å². The molecule has 1 saturated heterocycles. The maximum Gasteiger partial charge on any atom is 0.0686 e. The van der Waals surface area contributed by atoms with Crippen molar-refractivity contribution in [3.63, 3.8) is 0 Å². The fourth-order valence-corrected chi connectivity index (χ4v) is 4.39. The van der Waals surface area contributed by atoms with Crippen LogP contribution in [0.1, 0.15) is 58.3 Å². The highest BCUT2D eigenvalue weighted by atomic mass is 32.2. The third kappa shape index (κ3) is 3.88. The molecule has 18 heavy (non-hydrogen) atoms. The summed E-state index contributed by atoms with van der Waals surface area (Å²) in [5.74, 6) is 2.56. The van der Waals surface area contributed by atoms with E-state index in [0.29, 0.717) is 5.92 Å². The summed E-state index contributed by atoms with van der Waals surface area (Å²) >= 11 is 1.90. The minimum absolute atomic E-state index is 0.121. The standard InChI is InChI=1S/C15H28O2S/c1-2-10-18-12-14(16)13-6-9-17-15(11-13)7-4-3-5-8-15/h13-14,16H,2-12H2,1H3. The lowest BCUT2D eigenvalue weighted by Crippen LogP contribution is -2.44. The van der Waals surface area contributed by atoms with Crippen molar-refractivity contribution in [2.45, 2.75) is 70.0 Å². The van der Waals surface area contributed by atoms with Gasteiger partial charge < -0.3 is 9.84 Å². The predicted octanol–water partition coefficient (Wildman–Crippen LogP) is 3.62. The molecule has 1 saturated carbocycles. The average molecular weight is 272 g/mol. The Hall–Kier alpha value is 0.270. The number of hydrogen-bond donors (Lipinski definition) is 1. The SMILES string of the molecule is CCCSCC(O)C1CCOC2(CCCCC2)C1. The molecule has 0 aromatic rings. The third-order valence-corrected chi connectivity index (χ3v) is 5.75. The van der Waals surface area contributed by atoms with Crippen molar-refractivity contribution < 1.29 is 9.84 Å². The Kier molecular flexibility index (Phi) is 5.84. The van der Waals surface area contributed by atoms with Crippen molar-refractivity contribution >= 4 is 11.8 Å². The number of aliphatic hydroxyl groups is 1. The minimum atomic E-state index is -0.121. The lowest BCUT2D eigenvalue weighted by Gasteiger charge is -2.44. The summed E-state index contributed by atoms with van der Waals surface area (Å²) in [5.41, 5.74) is 0.136. The molecule has 2 nitrogen and oxygen atoms in total. The minimum Gasteiger partial charge on any atom is -0.392 e. The summed E-state index contributed by atoms with van der Waals surface area (Å²) in [6, 6.07) is 0. The van der Waals surface area contributed by atoms with Gasteiger partial charge in [-0.2, -0.15) is 11.8 Å². The molecule has 106 valence electrons. The van der Waals surface area contributed by atoms with Crippen molar-refractivity contribution in [2.75, 3.05) is 18.1 Å². The Morgan fingerprint density at radius 3 is 2.83 bits per heavy atom. The molecule has 0 amide bonds. The fraction of sp³-hybridized carbons (Fsp3) is 1.00. The zero-order valence-electron chi connectivity index (χ0n) is 11.7. The van der Waals surface area contributed by atoms with Crippen molar-refractivity contribution in [2.24, 2.45) is 5.92 Å². The molecule has 1 spiro atoms. The number of aliphatic hydroxyl groups excluding tert-OH is 1. The van der Waals surface area contributed by atoms with Crippen LogP contribution in [0.15, 0.2) is 0 Å². The molecule has 0 radical (unpaired) electrons. The van der Waals surface area contributed by atoms with E-state index < -0.39 is 0 Å². The highest BCUT2D eigenvalue weighted by molar-refractivity contribution is 7.99. The van der Waals surface area contributed by atoms with Gasteiger partial charge in [-0.1, -0.05) is 26.2 Å². The van der Waals surface area contributed by atoms with Crippen LogP contribution in [0, 0.1) is 5.92 Å². The average Bonchev–Trinajstić information content (AvgIpc) is 2.40. The molecule has 2 rings (SSSR count). The zero-order valence-corrected chi connectivity index (χ0v) is 12.5. The molecule has 2 atom stereocenters. The summed E-state index contributed by atoms with van der Waals surface area (Å²) in [6.07, 6.45) is 9.66. The van der Waals surface area contributed by atoms with Gasteiger partial charge in [0.05, 0.1) is 11.7 Å². The van der Waals surface area contributed by atoms with Gasteiger partial charge in [0, 0.05) is 12.4 Å². The first kappa shape index (κ1) is 14.7. The molecule has 1 N–H and O–H groups in total. The van der Waals surface area contributed by atoms with Gasteiger partial charge >= 0.3 is 0 Å². The van der Waals surface area contributed by atoms with Crippen LogP contribution in [0.3, 0.4) is 0 Å². The van der Waals surface area contributed by atoms with E-state index >= 15 is 0 Å². The van der Waals surface area contributed by atoms with Gasteiger partial charge in [-0.3, -0.25) is 0 Å².